The van der Waals surface area contributed by atoms with Crippen molar-refractivity contribution in [2.24, 2.45) is 23.1 Å². The van der Waals surface area contributed by atoms with Gasteiger partial charge in [-0.25, -0.2) is 4.72 Å². The zero-order chi connectivity index (χ0) is 26.1. The topological polar surface area (TPSA) is 180 Å². The molecule has 192 valence electrons. The van der Waals surface area contributed by atoms with E-state index in [4.69, 9.17) is 22.6 Å². The molecule has 2 aromatic carbocycles. The number of benzene rings is 2. The summed E-state index contributed by atoms with van der Waals surface area (Å²) in [5, 5.41) is 10.5. The maximum atomic E-state index is 13.5. The van der Waals surface area contributed by atoms with E-state index in [1.54, 1.807) is 17.0 Å². The number of amides is 3. The van der Waals surface area contributed by atoms with Crippen molar-refractivity contribution in [3.05, 3.63) is 59.7 Å². The molecule has 0 saturated carbocycles. The highest BCUT2D eigenvalue weighted by Crippen LogP contribution is 2.23. The van der Waals surface area contributed by atoms with Crippen LogP contribution in [-0.2, 0) is 20.8 Å². The van der Waals surface area contributed by atoms with Gasteiger partial charge in [0.15, 0.2) is 0 Å². The van der Waals surface area contributed by atoms with Crippen LogP contribution in [0.4, 0.5) is 5.69 Å². The zero-order valence-electron chi connectivity index (χ0n) is 20.0. The number of amidine groups is 1. The van der Waals surface area contributed by atoms with Gasteiger partial charge in [-0.3, -0.25) is 19.8 Å². The molecule has 1 atom stereocenters. The molecule has 1 aliphatic rings. The molecule has 1 saturated heterocycles. The van der Waals surface area contributed by atoms with Crippen LogP contribution in [0.3, 0.4) is 0 Å². The van der Waals surface area contributed by atoms with Gasteiger partial charge < -0.3 is 27.4 Å². The van der Waals surface area contributed by atoms with E-state index >= 15 is 0 Å². The lowest BCUT2D eigenvalue weighted by atomic mass is 9.95. The average molecular weight is 512 g/mol. The molecule has 1 fully saturated rings. The maximum Gasteiger partial charge on any atom is 0.240 e. The average Bonchev–Trinajstić information content (AvgIpc) is 2.86. The minimum atomic E-state index is -0.571. The van der Waals surface area contributed by atoms with E-state index in [0.29, 0.717) is 43.6 Å². The molecule has 0 radical (unpaired) electrons. The second kappa shape index (κ2) is 13.1. The Kier molecular flexibility index (Phi) is 9.86. The van der Waals surface area contributed by atoms with Crippen molar-refractivity contribution in [3.8, 4) is 0 Å². The Balaban J connectivity index is 1.74. The highest BCUT2D eigenvalue weighted by Gasteiger charge is 2.30. The predicted molar refractivity (Wildman–Crippen MR) is 141 cm³/mol. The Morgan fingerprint density at radius 2 is 1.81 bits per heavy atom. The van der Waals surface area contributed by atoms with Gasteiger partial charge in [-0.05, 0) is 61.0 Å². The van der Waals surface area contributed by atoms with E-state index in [9.17, 15) is 14.4 Å². The normalized spacial score (nSPS) is 14.8. The number of rotatable bonds is 11. The first-order chi connectivity index (χ1) is 17.3. The Hall–Kier alpha value is -3.41. The van der Waals surface area contributed by atoms with Crippen LogP contribution in [0.25, 0.3) is 0 Å². The van der Waals surface area contributed by atoms with Gasteiger partial charge in [-0.2, -0.15) is 0 Å². The molecule has 36 heavy (non-hydrogen) atoms. The molecule has 0 bridgehead atoms. The van der Waals surface area contributed by atoms with Crippen molar-refractivity contribution in [2.75, 3.05) is 25.0 Å². The van der Waals surface area contributed by atoms with E-state index in [2.05, 4.69) is 10.0 Å². The number of likely N-dealkylation sites (tertiary alicyclic amines) is 1. The Morgan fingerprint density at radius 1 is 1.08 bits per heavy atom. The largest absolute Gasteiger partial charge is 0.384 e. The van der Waals surface area contributed by atoms with Crippen molar-refractivity contribution in [1.82, 2.24) is 9.62 Å². The molecule has 11 heteroatoms. The SMILES string of the molecule is N=C(N)c1cccc(C[C@H](NSc2cccc(NC(=O)CCN)c2)C(=O)N2CCC(C(N)=O)CC2)c1. The van der Waals surface area contributed by atoms with Crippen LogP contribution in [0.5, 0.6) is 0 Å². The number of primary amides is 1. The molecule has 0 aliphatic carbocycles. The van der Waals surface area contributed by atoms with Crippen molar-refractivity contribution in [3.63, 3.8) is 0 Å². The molecule has 0 unspecified atom stereocenters. The van der Waals surface area contributed by atoms with Gasteiger partial charge in [-0.1, -0.05) is 24.3 Å². The number of carbonyl (C=O) groups is 3. The number of nitrogens with zero attached hydrogens (tertiary/aromatic N) is 1. The summed E-state index contributed by atoms with van der Waals surface area (Å²) in [6.07, 6.45) is 1.71. The van der Waals surface area contributed by atoms with Crippen LogP contribution >= 0.6 is 11.9 Å². The number of nitrogens with two attached hydrogens (primary N) is 3. The van der Waals surface area contributed by atoms with Gasteiger partial charge >= 0.3 is 0 Å². The lowest BCUT2D eigenvalue weighted by Gasteiger charge is -2.33. The van der Waals surface area contributed by atoms with Crippen LogP contribution in [-0.4, -0.2) is 54.1 Å². The number of anilines is 1. The van der Waals surface area contributed by atoms with Gasteiger partial charge in [0.2, 0.25) is 17.7 Å². The minimum Gasteiger partial charge on any atom is -0.384 e. The quantitative estimate of drug-likeness (QED) is 0.149. The van der Waals surface area contributed by atoms with Crippen molar-refractivity contribution >= 4 is 41.2 Å². The smallest absolute Gasteiger partial charge is 0.240 e. The molecule has 9 N–H and O–H groups in total. The molecule has 0 aromatic heterocycles. The summed E-state index contributed by atoms with van der Waals surface area (Å²) in [6, 6.07) is 14.0. The molecule has 10 nitrogen and oxygen atoms in total. The fourth-order valence-corrected chi connectivity index (χ4v) is 4.81. The van der Waals surface area contributed by atoms with E-state index < -0.39 is 6.04 Å². The summed E-state index contributed by atoms with van der Waals surface area (Å²) in [7, 11) is 0. The molecule has 1 aliphatic heterocycles. The minimum absolute atomic E-state index is 0.0379. The first-order valence-electron chi connectivity index (χ1n) is 11.8. The van der Waals surface area contributed by atoms with Crippen LogP contribution in [0.1, 0.15) is 30.4 Å². The van der Waals surface area contributed by atoms with E-state index in [1.807, 2.05) is 36.4 Å². The third-order valence-corrected chi connectivity index (χ3v) is 6.89. The van der Waals surface area contributed by atoms with Gasteiger partial charge in [-0.15, -0.1) is 0 Å². The summed E-state index contributed by atoms with van der Waals surface area (Å²) in [6.45, 7) is 1.20. The molecule has 3 amide bonds. The number of nitrogen functional groups attached to an aromatic ring is 1. The summed E-state index contributed by atoms with van der Waals surface area (Å²) < 4.78 is 3.29. The number of hydrogen-bond donors (Lipinski definition) is 6. The summed E-state index contributed by atoms with van der Waals surface area (Å²) in [5.74, 6) is -0.813. The first kappa shape index (κ1) is 27.2. The van der Waals surface area contributed by atoms with E-state index in [1.165, 1.54) is 11.9 Å². The lowest BCUT2D eigenvalue weighted by molar-refractivity contribution is -0.136. The predicted octanol–water partition coefficient (Wildman–Crippen LogP) is 1.19. The van der Waals surface area contributed by atoms with Crippen molar-refractivity contribution < 1.29 is 14.4 Å². The Morgan fingerprint density at radius 3 is 2.47 bits per heavy atom. The van der Waals surface area contributed by atoms with E-state index in [-0.39, 0.29) is 42.4 Å². The lowest BCUT2D eigenvalue weighted by Crippen LogP contribution is -2.49. The number of carbonyl (C=O) groups excluding carboxylic acids is 3. The summed E-state index contributed by atoms with van der Waals surface area (Å²) >= 11 is 1.30. The molecule has 0 spiro atoms. The second-order valence-corrected chi connectivity index (χ2v) is 9.62. The van der Waals surface area contributed by atoms with Gasteiger partial charge in [0.25, 0.3) is 0 Å². The van der Waals surface area contributed by atoms with E-state index in [0.717, 1.165) is 10.5 Å². The zero-order valence-corrected chi connectivity index (χ0v) is 20.9. The van der Waals surface area contributed by atoms with Crippen LogP contribution in [0, 0.1) is 11.3 Å². The van der Waals surface area contributed by atoms with Gasteiger partial charge in [0.1, 0.15) is 11.9 Å². The van der Waals surface area contributed by atoms with Crippen molar-refractivity contribution in [2.45, 2.75) is 36.6 Å². The Bertz CT molecular complexity index is 1100. The molecule has 1 heterocycles. The van der Waals surface area contributed by atoms with Crippen molar-refractivity contribution in [1.29, 1.82) is 5.41 Å². The molecular weight excluding hydrogens is 478 g/mol. The van der Waals surface area contributed by atoms with Crippen LogP contribution in [0.15, 0.2) is 53.4 Å². The third-order valence-electron chi connectivity index (χ3n) is 5.99. The fourth-order valence-electron chi connectivity index (χ4n) is 4.02. The number of hydrogen-bond acceptors (Lipinski definition) is 7. The molecule has 2 aromatic rings. The second-order valence-electron chi connectivity index (χ2n) is 8.71. The fraction of sp³-hybridized carbons (Fsp3) is 0.360. The molecular formula is C25H33N7O3S. The summed E-state index contributed by atoms with van der Waals surface area (Å²) in [4.78, 5) is 39.5. The third kappa shape index (κ3) is 7.80. The Labute approximate surface area is 215 Å². The monoisotopic (exact) mass is 511 g/mol. The first-order valence-corrected chi connectivity index (χ1v) is 12.6. The highest BCUT2D eigenvalue weighted by molar-refractivity contribution is 7.97. The standard InChI is InChI=1S/C25H33N7O3S/c26-10-7-22(33)30-19-5-2-6-20(15-19)36-31-21(14-16-3-1-4-18(13-16)23(27)28)25(35)32-11-8-17(9-12-32)24(29)34/h1-6,13,15,17,21,31H,7-12,14,26H2,(H3,27,28)(H2,29,34)(H,30,33)/t21-/m0/s1. The van der Waals surface area contributed by atoms with Crippen LogP contribution < -0.4 is 27.2 Å². The molecule has 3 rings (SSSR count). The maximum absolute atomic E-state index is 13.5. The number of nitrogens with one attached hydrogen (secondary N) is 3. The highest BCUT2D eigenvalue weighted by atomic mass is 32.2. The summed E-state index contributed by atoms with van der Waals surface area (Å²) in [5.41, 5.74) is 18.6. The van der Waals surface area contributed by atoms with Gasteiger partial charge in [0.05, 0.1) is 0 Å². The number of piperidine rings is 1. The van der Waals surface area contributed by atoms with Crippen LogP contribution in [0.2, 0.25) is 0 Å². The van der Waals surface area contributed by atoms with Gasteiger partial charge in [0, 0.05) is 48.1 Å².